The van der Waals surface area contributed by atoms with Gasteiger partial charge < -0.3 is 24.1 Å². The molecule has 0 aliphatic rings. The maximum absolute atomic E-state index is 12.3. The number of ether oxygens (including phenoxy) is 4. The zero-order chi connectivity index (χ0) is 21.3. The van der Waals surface area contributed by atoms with Crippen molar-refractivity contribution in [3.05, 3.63) is 27.4 Å². The van der Waals surface area contributed by atoms with E-state index in [2.05, 4.69) is 4.98 Å². The quantitative estimate of drug-likeness (QED) is 0.298. The van der Waals surface area contributed by atoms with Gasteiger partial charge in [-0.05, 0) is 6.07 Å². The van der Waals surface area contributed by atoms with Crippen LogP contribution in [-0.4, -0.2) is 64.6 Å². The van der Waals surface area contributed by atoms with Crippen molar-refractivity contribution in [3.63, 3.8) is 0 Å². The second-order valence-corrected chi connectivity index (χ2v) is 6.04. The molecule has 28 heavy (non-hydrogen) atoms. The van der Waals surface area contributed by atoms with Crippen molar-refractivity contribution < 1.29 is 38.4 Å². The van der Waals surface area contributed by atoms with Crippen LogP contribution in [0.1, 0.15) is 27.0 Å². The van der Waals surface area contributed by atoms with E-state index in [1.54, 1.807) is 0 Å². The Hall–Kier alpha value is -2.57. The zero-order valence-electron chi connectivity index (χ0n) is 15.6. The van der Waals surface area contributed by atoms with Gasteiger partial charge in [0.15, 0.2) is 12.3 Å². The van der Waals surface area contributed by atoms with E-state index >= 15 is 0 Å². The van der Waals surface area contributed by atoms with Crippen LogP contribution in [0.25, 0.3) is 0 Å². The van der Waals surface area contributed by atoms with Crippen LogP contribution in [0.5, 0.6) is 0 Å². The Morgan fingerprint density at radius 2 is 1.71 bits per heavy atom. The number of H-pyrrole nitrogens is 1. The molecule has 0 unspecified atom stereocenters. The smallest absolute Gasteiger partial charge is 0.328 e. The summed E-state index contributed by atoms with van der Waals surface area (Å²) < 4.78 is 21.7. The average molecular weight is 418 g/mol. The molecule has 2 N–H and O–H groups in total. The van der Waals surface area contributed by atoms with E-state index in [4.69, 9.17) is 31.2 Å². The molecule has 11 nitrogen and oxygen atoms in total. The van der Waals surface area contributed by atoms with Crippen molar-refractivity contribution >= 4 is 30.1 Å². The molecular formula is C16H22N2O9S. The Kier molecular flexibility index (Phi) is 9.48. The monoisotopic (exact) mass is 418 g/mol. The highest BCUT2D eigenvalue weighted by Gasteiger charge is 2.31. The lowest BCUT2D eigenvalue weighted by Crippen LogP contribution is -2.43. The number of aliphatic hydroxyl groups is 1. The Balaban J connectivity index is 3.22. The van der Waals surface area contributed by atoms with Crippen LogP contribution in [0.2, 0.25) is 0 Å². The highest BCUT2D eigenvalue weighted by Crippen LogP contribution is 2.18. The van der Waals surface area contributed by atoms with Crippen LogP contribution < -0.4 is 5.69 Å². The number of hydrogen-bond acceptors (Lipinski definition) is 10. The molecule has 0 aromatic carbocycles. The summed E-state index contributed by atoms with van der Waals surface area (Å²) in [6, 6.07) is 1.39. The van der Waals surface area contributed by atoms with Gasteiger partial charge in [-0.1, -0.05) is 12.2 Å². The van der Waals surface area contributed by atoms with E-state index in [0.717, 1.165) is 11.5 Å². The Morgan fingerprint density at radius 3 is 2.14 bits per heavy atom. The minimum absolute atomic E-state index is 0.157. The van der Waals surface area contributed by atoms with Crippen molar-refractivity contribution in [2.24, 2.45) is 0 Å². The third-order valence-electron chi connectivity index (χ3n) is 3.22. The first-order valence-corrected chi connectivity index (χ1v) is 8.56. The van der Waals surface area contributed by atoms with Gasteiger partial charge in [-0.2, -0.15) is 0 Å². The second-order valence-electron chi connectivity index (χ2n) is 5.60. The molecule has 0 saturated heterocycles. The van der Waals surface area contributed by atoms with Crippen LogP contribution in [0, 0.1) is 4.64 Å². The zero-order valence-corrected chi connectivity index (χ0v) is 16.4. The first-order chi connectivity index (χ1) is 13.1. The molecule has 0 amide bonds. The topological polar surface area (TPSA) is 146 Å². The number of esters is 3. The Labute approximate surface area is 165 Å². The van der Waals surface area contributed by atoms with Gasteiger partial charge in [-0.3, -0.25) is 23.9 Å². The maximum Gasteiger partial charge on any atom is 0.328 e. The fourth-order valence-corrected chi connectivity index (χ4v) is 2.25. The number of carbonyl (C=O) groups is 3. The molecule has 1 aromatic rings. The molecule has 0 radical (unpaired) electrons. The summed E-state index contributed by atoms with van der Waals surface area (Å²) in [5.74, 6) is -1.93. The van der Waals surface area contributed by atoms with Crippen molar-refractivity contribution in [2.45, 2.75) is 39.2 Å². The fourth-order valence-electron chi connectivity index (χ4n) is 2.10. The number of carbonyl (C=O) groups excluding carboxylic acids is 3. The number of hydrogen-bond donors (Lipinski definition) is 2. The third kappa shape index (κ3) is 7.98. The van der Waals surface area contributed by atoms with Gasteiger partial charge >= 0.3 is 23.6 Å². The minimum Gasteiger partial charge on any atom is -0.463 e. The van der Waals surface area contributed by atoms with E-state index in [-0.39, 0.29) is 17.9 Å². The van der Waals surface area contributed by atoms with Crippen LogP contribution in [0.3, 0.4) is 0 Å². The number of aromatic amines is 1. The van der Waals surface area contributed by atoms with Gasteiger partial charge in [-0.15, -0.1) is 0 Å². The van der Waals surface area contributed by atoms with Gasteiger partial charge in [0.25, 0.3) is 0 Å². The Morgan fingerprint density at radius 1 is 1.14 bits per heavy atom. The lowest BCUT2D eigenvalue weighted by molar-refractivity contribution is -0.188. The number of nitrogens with one attached hydrogen (secondary N) is 1. The summed E-state index contributed by atoms with van der Waals surface area (Å²) in [5.41, 5.74) is -0.693. The third-order valence-corrected chi connectivity index (χ3v) is 3.46. The lowest BCUT2D eigenvalue weighted by atomic mass is 10.3. The van der Waals surface area contributed by atoms with E-state index in [1.807, 2.05) is 0 Å². The standard InChI is InChI=1S/C16H22N2O9S/c1-9(20)24-7-12(8-25-10(2)21)27-15(13(6-19)26-11(3)22)18-5-4-14(28)17-16(18)23/h4-5,12-13,15,19H,6-8H2,1-3H3,(H,17,23,28)/t13-,15-/m1/s1. The molecule has 0 saturated carbocycles. The minimum atomic E-state index is -1.33. The second kappa shape index (κ2) is 11.3. The van der Waals surface area contributed by atoms with Gasteiger partial charge in [0.1, 0.15) is 24.0 Å². The lowest BCUT2D eigenvalue weighted by Gasteiger charge is -2.30. The van der Waals surface area contributed by atoms with Crippen LogP contribution in [0.15, 0.2) is 17.1 Å². The highest BCUT2D eigenvalue weighted by atomic mass is 32.1. The Bertz CT molecular complexity index is 786. The van der Waals surface area contributed by atoms with Gasteiger partial charge in [0.2, 0.25) is 0 Å². The summed E-state index contributed by atoms with van der Waals surface area (Å²) >= 11 is 4.88. The van der Waals surface area contributed by atoms with E-state index in [0.29, 0.717) is 0 Å². The number of nitrogens with zero attached hydrogens (tertiary/aromatic N) is 1. The molecule has 2 atom stereocenters. The van der Waals surface area contributed by atoms with Crippen LogP contribution >= 0.6 is 12.2 Å². The van der Waals surface area contributed by atoms with Gasteiger partial charge in [0, 0.05) is 27.0 Å². The summed E-state index contributed by atoms with van der Waals surface area (Å²) in [6.45, 7) is 2.18. The van der Waals surface area contributed by atoms with Crippen molar-refractivity contribution in [1.82, 2.24) is 9.55 Å². The molecule has 1 rings (SSSR count). The molecule has 0 aliphatic carbocycles. The summed E-state index contributed by atoms with van der Waals surface area (Å²) in [5, 5.41) is 9.63. The molecule has 1 aromatic heterocycles. The van der Waals surface area contributed by atoms with E-state index in [1.165, 1.54) is 26.1 Å². The highest BCUT2D eigenvalue weighted by molar-refractivity contribution is 7.71. The first kappa shape index (κ1) is 23.5. The van der Waals surface area contributed by atoms with Crippen LogP contribution in [-0.2, 0) is 33.3 Å². The molecule has 0 bridgehead atoms. The summed E-state index contributed by atoms with van der Waals surface area (Å²) in [4.78, 5) is 48.2. The van der Waals surface area contributed by atoms with Crippen molar-refractivity contribution in [1.29, 1.82) is 0 Å². The molecular weight excluding hydrogens is 396 g/mol. The van der Waals surface area contributed by atoms with E-state index < -0.39 is 48.6 Å². The summed E-state index contributed by atoms with van der Waals surface area (Å²) in [6.07, 6.45) is -2.34. The normalized spacial score (nSPS) is 12.9. The maximum atomic E-state index is 12.3. The van der Waals surface area contributed by atoms with Crippen molar-refractivity contribution in [2.75, 3.05) is 19.8 Å². The number of aromatic nitrogens is 2. The van der Waals surface area contributed by atoms with E-state index in [9.17, 15) is 24.3 Å². The van der Waals surface area contributed by atoms with Crippen LogP contribution in [0.4, 0.5) is 0 Å². The first-order valence-electron chi connectivity index (χ1n) is 8.15. The molecule has 12 heteroatoms. The van der Waals surface area contributed by atoms with Crippen molar-refractivity contribution in [3.8, 4) is 0 Å². The molecule has 0 spiro atoms. The average Bonchev–Trinajstić information content (AvgIpc) is 2.59. The van der Waals surface area contributed by atoms with Gasteiger partial charge in [-0.25, -0.2) is 4.79 Å². The predicted molar refractivity (Wildman–Crippen MR) is 95.7 cm³/mol. The largest absolute Gasteiger partial charge is 0.463 e. The molecule has 1 heterocycles. The number of rotatable bonds is 10. The van der Waals surface area contributed by atoms with Gasteiger partial charge in [0.05, 0.1) is 6.61 Å². The fraction of sp³-hybridized carbons (Fsp3) is 0.562. The number of aliphatic hydroxyl groups excluding tert-OH is 1. The molecule has 0 aliphatic heterocycles. The molecule has 156 valence electrons. The molecule has 0 fully saturated rings. The predicted octanol–water partition coefficient (Wildman–Crippen LogP) is -0.160. The SMILES string of the molecule is CC(=O)OCC(COC(C)=O)O[C@H]([C@@H](CO)OC(C)=O)n1ccc(=S)[nH]c1=O. The summed E-state index contributed by atoms with van der Waals surface area (Å²) in [7, 11) is 0.